The molecule has 0 fully saturated rings. The summed E-state index contributed by atoms with van der Waals surface area (Å²) < 4.78 is 11.4. The molecule has 1 atom stereocenters. The highest BCUT2D eigenvalue weighted by Gasteiger charge is 2.40. The number of rotatable bonds is 4. The lowest BCUT2D eigenvalue weighted by Gasteiger charge is -2.32. The minimum Gasteiger partial charge on any atom is -0.805 e. The number of carbonyl (C=O) groups is 2. The van der Waals surface area contributed by atoms with Gasteiger partial charge in [-0.2, -0.15) is 0 Å². The van der Waals surface area contributed by atoms with Crippen molar-refractivity contribution in [1.82, 2.24) is 10.0 Å². The third-order valence-electron chi connectivity index (χ3n) is 4.85. The largest absolute Gasteiger partial charge is 0.805 e. The molecule has 158 valence electrons. The number of dihydropyridines is 1. The highest BCUT2D eigenvalue weighted by atomic mass is 16.5. The number of aromatic nitrogens is 2. The molecule has 1 aliphatic heterocycles. The van der Waals surface area contributed by atoms with Crippen LogP contribution in [0.1, 0.15) is 39.3 Å². The Kier molecular flexibility index (Phi) is 5.64. The molecule has 3 rings (SSSR count). The maximum atomic E-state index is 13.2. The number of allylic oxidation sites excluding steroid dienone is 2. The predicted octanol–water partition coefficient (Wildman–Crippen LogP) is 2.26. The average Bonchev–Trinajstić information content (AvgIpc) is 2.69. The Bertz CT molecular complexity index is 1160. The molecule has 1 N–H and O–H groups in total. The van der Waals surface area contributed by atoms with Gasteiger partial charge in [0.1, 0.15) is 5.52 Å². The Balaban J connectivity index is 2.34. The molecule has 2 aromatic rings. The number of nitrogens with zero attached hydrogens (tertiary/aromatic N) is 2. The first-order valence-electron chi connectivity index (χ1n) is 9.39. The maximum absolute atomic E-state index is 13.2. The van der Waals surface area contributed by atoms with Crippen molar-refractivity contribution in [3.8, 4) is 0 Å². The molecule has 1 aliphatic rings. The maximum Gasteiger partial charge on any atom is 0.337 e. The van der Waals surface area contributed by atoms with Crippen LogP contribution in [0.25, 0.3) is 11.0 Å². The first-order chi connectivity index (χ1) is 14.2. The summed E-state index contributed by atoms with van der Waals surface area (Å²) in [5.41, 5.74) is 1.14. The van der Waals surface area contributed by atoms with Crippen LogP contribution in [-0.4, -0.2) is 29.9 Å². The summed E-state index contributed by atoms with van der Waals surface area (Å²) in [5, 5.41) is 16.2. The third kappa shape index (κ3) is 3.54. The lowest BCUT2D eigenvalue weighted by atomic mass is 9.83. The van der Waals surface area contributed by atoms with Gasteiger partial charge in [-0.25, -0.2) is 9.59 Å². The molecule has 0 spiro atoms. The molecule has 0 bridgehead atoms. The summed E-state index contributed by atoms with van der Waals surface area (Å²) >= 11 is 0. The molecule has 0 amide bonds. The van der Waals surface area contributed by atoms with Crippen LogP contribution in [0.15, 0.2) is 53.0 Å². The van der Waals surface area contributed by atoms with E-state index in [-0.39, 0.29) is 27.9 Å². The summed E-state index contributed by atoms with van der Waals surface area (Å²) in [4.78, 5) is 38.2. The summed E-state index contributed by atoms with van der Waals surface area (Å²) in [7, 11) is 1.20. The number of fused-ring (bicyclic) bond motifs is 1. The van der Waals surface area contributed by atoms with Gasteiger partial charge in [0.15, 0.2) is 0 Å². The lowest BCUT2D eigenvalue weighted by Crippen LogP contribution is -2.35. The average molecular weight is 413 g/mol. The van der Waals surface area contributed by atoms with E-state index in [0.29, 0.717) is 20.6 Å². The van der Waals surface area contributed by atoms with E-state index in [1.165, 1.54) is 19.2 Å². The van der Waals surface area contributed by atoms with Gasteiger partial charge in [-0.3, -0.25) is 0 Å². The molecule has 0 aliphatic carbocycles. The number of methoxy groups -OCH3 is 1. The number of benzene rings is 1. The minimum atomic E-state index is -1.15. The summed E-state index contributed by atoms with van der Waals surface area (Å²) in [6, 6.07) is 6.28. The van der Waals surface area contributed by atoms with Crippen molar-refractivity contribution in [2.24, 2.45) is 0 Å². The van der Waals surface area contributed by atoms with Crippen LogP contribution in [0, 0.1) is 10.1 Å². The van der Waals surface area contributed by atoms with Crippen molar-refractivity contribution in [2.75, 3.05) is 7.11 Å². The van der Waals surface area contributed by atoms with Gasteiger partial charge < -0.3 is 24.7 Å². The Labute approximate surface area is 172 Å². The molecule has 9 heteroatoms. The molecule has 0 radical (unpaired) electrons. The second-order valence-electron chi connectivity index (χ2n) is 7.24. The van der Waals surface area contributed by atoms with E-state index < -0.39 is 24.0 Å². The molecule has 0 saturated carbocycles. The number of carbonyl (C=O) groups excluding carboxylic acids is 2. The number of esters is 2. The van der Waals surface area contributed by atoms with Crippen molar-refractivity contribution in [1.29, 1.82) is 0 Å². The van der Waals surface area contributed by atoms with E-state index in [4.69, 9.17) is 9.47 Å². The Morgan fingerprint density at radius 2 is 1.73 bits per heavy atom. The SMILES string of the molecule is COC(=O)C1=C(C)NC(C)=C(C(=O)OC(C)C)C1c1c[n+](=O)c2ccccc2n1[O-]. The van der Waals surface area contributed by atoms with Crippen LogP contribution in [0.5, 0.6) is 0 Å². The molecule has 0 saturated heterocycles. The van der Waals surface area contributed by atoms with Crippen molar-refractivity contribution >= 4 is 23.0 Å². The fourth-order valence-electron chi connectivity index (χ4n) is 3.61. The molecular formula is C21H23N3O6. The molecule has 9 nitrogen and oxygen atoms in total. The second kappa shape index (κ2) is 8.02. The van der Waals surface area contributed by atoms with E-state index in [2.05, 4.69) is 5.32 Å². The Morgan fingerprint density at radius 1 is 1.13 bits per heavy atom. The highest BCUT2D eigenvalue weighted by molar-refractivity contribution is 5.99. The number of ether oxygens (including phenoxy) is 2. The number of para-hydroxylation sites is 2. The van der Waals surface area contributed by atoms with Crippen molar-refractivity contribution < 1.29 is 23.5 Å². The van der Waals surface area contributed by atoms with Gasteiger partial charge in [-0.15, -0.1) is 0 Å². The Hall–Kier alpha value is -3.62. The normalized spacial score (nSPS) is 16.7. The zero-order chi connectivity index (χ0) is 22.2. The fraction of sp³-hybridized carbons (Fsp3) is 0.333. The summed E-state index contributed by atoms with van der Waals surface area (Å²) in [6.07, 6.45) is 0.657. The quantitative estimate of drug-likeness (QED) is 0.604. The zero-order valence-electron chi connectivity index (χ0n) is 17.4. The van der Waals surface area contributed by atoms with Crippen molar-refractivity contribution in [3.05, 3.63) is 68.8 Å². The number of hydrogen-bond acceptors (Lipinski definition) is 7. The number of nitrogens with one attached hydrogen (secondary N) is 1. The molecule has 1 aromatic heterocycles. The van der Waals surface area contributed by atoms with E-state index >= 15 is 0 Å². The van der Waals surface area contributed by atoms with Gasteiger partial charge in [0.25, 0.3) is 5.52 Å². The second-order valence-corrected chi connectivity index (χ2v) is 7.24. The monoisotopic (exact) mass is 413 g/mol. The van der Waals surface area contributed by atoms with E-state index in [1.54, 1.807) is 39.8 Å². The Morgan fingerprint density at radius 3 is 2.33 bits per heavy atom. The van der Waals surface area contributed by atoms with Gasteiger partial charge in [0.2, 0.25) is 6.20 Å². The van der Waals surface area contributed by atoms with Crippen LogP contribution < -0.4 is 9.74 Å². The van der Waals surface area contributed by atoms with Crippen LogP contribution in [0.3, 0.4) is 0 Å². The predicted molar refractivity (Wildman–Crippen MR) is 109 cm³/mol. The van der Waals surface area contributed by atoms with Gasteiger partial charge in [-0.1, -0.05) is 12.1 Å². The van der Waals surface area contributed by atoms with Crippen molar-refractivity contribution in [2.45, 2.75) is 39.7 Å². The standard InChI is InChI=1S/C21H23N3O6/c1-11(2)30-21(26)18-13(4)22-12(3)17(20(25)29-5)19(18)16-10-23(27)14-8-6-7-9-15(14)24(16)28/h6-11,19,22H,1-5H3. The third-order valence-corrected chi connectivity index (χ3v) is 4.85. The van der Waals surface area contributed by atoms with Gasteiger partial charge in [0.05, 0.1) is 40.4 Å². The van der Waals surface area contributed by atoms with Crippen LogP contribution in [0.4, 0.5) is 0 Å². The van der Waals surface area contributed by atoms with Crippen LogP contribution >= 0.6 is 0 Å². The molecular weight excluding hydrogens is 390 g/mol. The van der Waals surface area contributed by atoms with Crippen molar-refractivity contribution in [3.63, 3.8) is 0 Å². The molecule has 1 aromatic carbocycles. The van der Waals surface area contributed by atoms with Crippen LogP contribution in [-0.2, 0) is 19.1 Å². The molecule has 1 unspecified atom stereocenters. The molecule has 30 heavy (non-hydrogen) atoms. The minimum absolute atomic E-state index is 0.0543. The fourth-order valence-corrected chi connectivity index (χ4v) is 3.61. The lowest BCUT2D eigenvalue weighted by molar-refractivity contribution is -0.465. The summed E-state index contributed by atoms with van der Waals surface area (Å²) in [6.45, 7) is 6.66. The van der Waals surface area contributed by atoms with Gasteiger partial charge >= 0.3 is 11.9 Å². The summed E-state index contributed by atoms with van der Waals surface area (Å²) in [5.74, 6) is -2.57. The molecule has 2 heterocycles. The van der Waals surface area contributed by atoms with E-state index in [1.807, 2.05) is 0 Å². The zero-order valence-corrected chi connectivity index (χ0v) is 17.4. The smallest absolute Gasteiger partial charge is 0.337 e. The van der Waals surface area contributed by atoms with E-state index in [0.717, 1.165) is 6.20 Å². The first kappa shape index (κ1) is 21.1. The number of hydrogen-bond donors (Lipinski definition) is 1. The first-order valence-corrected chi connectivity index (χ1v) is 9.39. The topological polar surface area (TPSA) is 116 Å². The van der Waals surface area contributed by atoms with Crippen LogP contribution in [0.2, 0.25) is 0 Å². The van der Waals surface area contributed by atoms with E-state index in [9.17, 15) is 19.7 Å². The van der Waals surface area contributed by atoms with Gasteiger partial charge in [-0.05, 0) is 33.8 Å². The highest BCUT2D eigenvalue weighted by Crippen LogP contribution is 2.39. The van der Waals surface area contributed by atoms with Gasteiger partial charge in [0, 0.05) is 22.4 Å².